The molecule has 0 bridgehead atoms. The fraction of sp³-hybridized carbons (Fsp3) is 0.500. The van der Waals surface area contributed by atoms with E-state index < -0.39 is 5.97 Å². The van der Waals surface area contributed by atoms with Crippen LogP contribution in [0.4, 0.5) is 4.39 Å². The smallest absolute Gasteiger partial charge is 0.344 e. The van der Waals surface area contributed by atoms with Crippen LogP contribution in [0, 0.1) is 5.82 Å². The third-order valence-corrected chi connectivity index (χ3v) is 2.57. The molecule has 0 amide bonds. The van der Waals surface area contributed by atoms with Gasteiger partial charge in [0, 0.05) is 11.6 Å². The summed E-state index contributed by atoms with van der Waals surface area (Å²) < 4.78 is 23.4. The number of hydrogen-bond donors (Lipinski definition) is 1. The SMILES string of the molecule is CCCCOC(=O)COc1ccc(F)cc1C(C)N. The van der Waals surface area contributed by atoms with E-state index in [9.17, 15) is 9.18 Å². The Morgan fingerprint density at radius 1 is 1.47 bits per heavy atom. The van der Waals surface area contributed by atoms with Crippen molar-refractivity contribution in [2.45, 2.75) is 32.7 Å². The molecule has 4 nitrogen and oxygen atoms in total. The van der Waals surface area contributed by atoms with E-state index in [1.807, 2.05) is 6.92 Å². The van der Waals surface area contributed by atoms with Gasteiger partial charge in [0.05, 0.1) is 6.61 Å². The molecule has 0 aromatic heterocycles. The maximum absolute atomic E-state index is 13.1. The molecule has 1 atom stereocenters. The molecule has 1 unspecified atom stereocenters. The van der Waals surface area contributed by atoms with Crippen molar-refractivity contribution in [1.29, 1.82) is 0 Å². The summed E-state index contributed by atoms with van der Waals surface area (Å²) in [5, 5.41) is 0. The Hall–Kier alpha value is -1.62. The van der Waals surface area contributed by atoms with Gasteiger partial charge >= 0.3 is 5.97 Å². The summed E-state index contributed by atoms with van der Waals surface area (Å²) in [7, 11) is 0. The Balaban J connectivity index is 2.55. The van der Waals surface area contributed by atoms with Gasteiger partial charge in [-0.1, -0.05) is 13.3 Å². The van der Waals surface area contributed by atoms with Gasteiger partial charge < -0.3 is 15.2 Å². The van der Waals surface area contributed by atoms with Gasteiger partial charge in [0.25, 0.3) is 0 Å². The van der Waals surface area contributed by atoms with Crippen LogP contribution >= 0.6 is 0 Å². The second kappa shape index (κ2) is 7.74. The highest BCUT2D eigenvalue weighted by Crippen LogP contribution is 2.24. The maximum atomic E-state index is 13.1. The summed E-state index contributed by atoms with van der Waals surface area (Å²) in [6.07, 6.45) is 1.79. The largest absolute Gasteiger partial charge is 0.482 e. The van der Waals surface area contributed by atoms with Crippen molar-refractivity contribution in [3.05, 3.63) is 29.6 Å². The van der Waals surface area contributed by atoms with Crippen molar-refractivity contribution in [3.8, 4) is 5.75 Å². The molecule has 0 radical (unpaired) electrons. The predicted octanol–water partition coefficient (Wildman–Crippen LogP) is 2.57. The lowest BCUT2D eigenvalue weighted by atomic mass is 10.1. The van der Waals surface area contributed by atoms with Crippen LogP contribution in [0.5, 0.6) is 5.75 Å². The Morgan fingerprint density at radius 2 is 2.21 bits per heavy atom. The molecule has 0 aliphatic heterocycles. The quantitative estimate of drug-likeness (QED) is 0.610. The molecule has 2 N–H and O–H groups in total. The van der Waals surface area contributed by atoms with Crippen LogP contribution in [0.1, 0.15) is 38.3 Å². The molecule has 0 spiro atoms. The van der Waals surface area contributed by atoms with Crippen molar-refractivity contribution in [1.82, 2.24) is 0 Å². The number of halogens is 1. The van der Waals surface area contributed by atoms with Crippen LogP contribution in [0.15, 0.2) is 18.2 Å². The zero-order valence-corrected chi connectivity index (χ0v) is 11.3. The zero-order valence-electron chi connectivity index (χ0n) is 11.3. The molecule has 0 saturated carbocycles. The zero-order chi connectivity index (χ0) is 14.3. The van der Waals surface area contributed by atoms with E-state index in [1.165, 1.54) is 18.2 Å². The van der Waals surface area contributed by atoms with Crippen molar-refractivity contribution in [2.75, 3.05) is 13.2 Å². The van der Waals surface area contributed by atoms with Gasteiger partial charge in [-0.3, -0.25) is 0 Å². The fourth-order valence-corrected chi connectivity index (χ4v) is 1.52. The average Bonchev–Trinajstić information content (AvgIpc) is 2.37. The second-order valence-corrected chi connectivity index (χ2v) is 4.33. The lowest BCUT2D eigenvalue weighted by molar-refractivity contribution is -0.146. The van der Waals surface area contributed by atoms with E-state index in [4.69, 9.17) is 15.2 Å². The summed E-state index contributed by atoms with van der Waals surface area (Å²) in [5.41, 5.74) is 6.25. The number of nitrogens with two attached hydrogens (primary N) is 1. The molecule has 0 aliphatic carbocycles. The maximum Gasteiger partial charge on any atom is 0.344 e. The summed E-state index contributed by atoms with van der Waals surface area (Å²) in [5.74, 6) is -0.414. The monoisotopic (exact) mass is 269 g/mol. The van der Waals surface area contributed by atoms with Crippen LogP contribution in [0.3, 0.4) is 0 Å². The predicted molar refractivity (Wildman–Crippen MR) is 70.4 cm³/mol. The summed E-state index contributed by atoms with van der Waals surface area (Å²) in [6.45, 7) is 3.93. The molecule has 106 valence electrons. The first kappa shape index (κ1) is 15.4. The second-order valence-electron chi connectivity index (χ2n) is 4.33. The van der Waals surface area contributed by atoms with E-state index in [1.54, 1.807) is 6.92 Å². The van der Waals surface area contributed by atoms with E-state index in [2.05, 4.69) is 0 Å². The van der Waals surface area contributed by atoms with Gasteiger partial charge in [0.1, 0.15) is 11.6 Å². The molecule has 0 fully saturated rings. The number of ether oxygens (including phenoxy) is 2. The van der Waals surface area contributed by atoms with Crippen molar-refractivity contribution in [3.63, 3.8) is 0 Å². The molecule has 1 aromatic rings. The minimum atomic E-state index is -0.437. The van der Waals surface area contributed by atoms with Crippen LogP contribution < -0.4 is 10.5 Å². The minimum absolute atomic E-state index is 0.199. The van der Waals surface area contributed by atoms with Gasteiger partial charge in [-0.25, -0.2) is 9.18 Å². The first-order chi connectivity index (χ1) is 9.04. The molecule has 0 aliphatic rings. The topological polar surface area (TPSA) is 61.5 Å². The normalized spacial score (nSPS) is 12.0. The van der Waals surface area contributed by atoms with Crippen molar-refractivity contribution >= 4 is 5.97 Å². The standard InChI is InChI=1S/C14H20FNO3/c1-3-4-7-18-14(17)9-19-13-6-5-11(15)8-12(13)10(2)16/h5-6,8,10H,3-4,7,9,16H2,1-2H3. The van der Waals surface area contributed by atoms with Crippen molar-refractivity contribution < 1.29 is 18.7 Å². The fourth-order valence-electron chi connectivity index (χ4n) is 1.52. The minimum Gasteiger partial charge on any atom is -0.482 e. The Bertz CT molecular complexity index is 421. The van der Waals surface area contributed by atoms with Gasteiger partial charge in [-0.2, -0.15) is 0 Å². The highest BCUT2D eigenvalue weighted by atomic mass is 19.1. The molecule has 1 aromatic carbocycles. The van der Waals surface area contributed by atoms with E-state index >= 15 is 0 Å². The molecular formula is C14H20FNO3. The first-order valence-corrected chi connectivity index (χ1v) is 6.38. The number of unbranched alkanes of at least 4 members (excludes halogenated alkanes) is 1. The first-order valence-electron chi connectivity index (χ1n) is 6.38. The summed E-state index contributed by atoms with van der Waals surface area (Å²) >= 11 is 0. The third kappa shape index (κ3) is 5.26. The van der Waals surface area contributed by atoms with Crippen LogP contribution in [0.25, 0.3) is 0 Å². The van der Waals surface area contributed by atoms with Gasteiger partial charge in [-0.05, 0) is 31.5 Å². The number of carbonyl (C=O) groups is 1. The molecule has 1 rings (SSSR count). The number of benzene rings is 1. The molecule has 0 saturated heterocycles. The van der Waals surface area contributed by atoms with Crippen molar-refractivity contribution in [2.24, 2.45) is 5.73 Å². The summed E-state index contributed by atoms with van der Waals surface area (Å²) in [6, 6.07) is 3.67. The lowest BCUT2D eigenvalue weighted by Crippen LogP contribution is -2.17. The Labute approximate surface area is 112 Å². The molecule has 19 heavy (non-hydrogen) atoms. The van der Waals surface area contributed by atoms with Gasteiger partial charge in [-0.15, -0.1) is 0 Å². The van der Waals surface area contributed by atoms with Crippen LogP contribution in [0.2, 0.25) is 0 Å². The molecule has 0 heterocycles. The highest BCUT2D eigenvalue weighted by Gasteiger charge is 2.11. The van der Waals surface area contributed by atoms with E-state index in [0.29, 0.717) is 17.9 Å². The van der Waals surface area contributed by atoms with Crippen LogP contribution in [-0.2, 0) is 9.53 Å². The number of rotatable bonds is 7. The van der Waals surface area contributed by atoms with E-state index in [0.717, 1.165) is 12.8 Å². The highest BCUT2D eigenvalue weighted by molar-refractivity contribution is 5.71. The number of hydrogen-bond acceptors (Lipinski definition) is 4. The number of carbonyl (C=O) groups excluding carboxylic acids is 1. The molecular weight excluding hydrogens is 249 g/mol. The van der Waals surface area contributed by atoms with E-state index in [-0.39, 0.29) is 18.5 Å². The Morgan fingerprint density at radius 3 is 2.84 bits per heavy atom. The third-order valence-electron chi connectivity index (χ3n) is 2.57. The average molecular weight is 269 g/mol. The Kier molecular flexibility index (Phi) is 6.29. The lowest BCUT2D eigenvalue weighted by Gasteiger charge is -2.13. The molecule has 5 heteroatoms. The van der Waals surface area contributed by atoms with Gasteiger partial charge in [0.2, 0.25) is 0 Å². The van der Waals surface area contributed by atoms with Gasteiger partial charge in [0.15, 0.2) is 6.61 Å². The summed E-state index contributed by atoms with van der Waals surface area (Å²) in [4.78, 5) is 11.4. The number of esters is 1. The van der Waals surface area contributed by atoms with Crippen LogP contribution in [-0.4, -0.2) is 19.2 Å².